The second-order valence-corrected chi connectivity index (χ2v) is 3.15. The van der Waals surface area contributed by atoms with Crippen LogP contribution in [0.25, 0.3) is 0 Å². The summed E-state index contributed by atoms with van der Waals surface area (Å²) in [5.74, 6) is 1.02. The van der Waals surface area contributed by atoms with E-state index in [-0.39, 0.29) is 0 Å². The van der Waals surface area contributed by atoms with Gasteiger partial charge in [-0.25, -0.2) is 0 Å². The molecule has 1 aromatic heterocycles. The summed E-state index contributed by atoms with van der Waals surface area (Å²) < 4.78 is 2.04. The van der Waals surface area contributed by atoms with Gasteiger partial charge in [0.05, 0.1) is 0 Å². The second-order valence-electron chi connectivity index (χ2n) is 3.15. The van der Waals surface area contributed by atoms with E-state index in [4.69, 9.17) is 0 Å². The molecule has 0 aliphatic rings. The summed E-state index contributed by atoms with van der Waals surface area (Å²) >= 11 is 0. The van der Waals surface area contributed by atoms with Gasteiger partial charge in [0.25, 0.3) is 0 Å². The molecule has 13 heavy (non-hydrogen) atoms. The van der Waals surface area contributed by atoms with Crippen LogP contribution in [-0.2, 0) is 0 Å². The molecule has 0 saturated heterocycles. The molecule has 0 atom stereocenters. The summed E-state index contributed by atoms with van der Waals surface area (Å²) in [5.41, 5.74) is 1.02. The van der Waals surface area contributed by atoms with Crippen molar-refractivity contribution in [1.82, 2.24) is 9.46 Å². The van der Waals surface area contributed by atoms with E-state index in [9.17, 15) is 0 Å². The van der Waals surface area contributed by atoms with Crippen LogP contribution >= 0.6 is 0 Å². The summed E-state index contributed by atoms with van der Waals surface area (Å²) in [5, 5.41) is 0. The van der Waals surface area contributed by atoms with Crippen molar-refractivity contribution in [1.29, 1.82) is 0 Å². The first-order chi connectivity index (χ1) is 6.17. The van der Waals surface area contributed by atoms with Crippen molar-refractivity contribution in [3.63, 3.8) is 0 Å². The van der Waals surface area contributed by atoms with E-state index in [2.05, 4.69) is 25.6 Å². The van der Waals surface area contributed by atoms with Crippen LogP contribution in [0.15, 0.2) is 6.20 Å². The van der Waals surface area contributed by atoms with E-state index >= 15 is 0 Å². The van der Waals surface area contributed by atoms with Crippen LogP contribution in [0.4, 0.5) is 0 Å². The van der Waals surface area contributed by atoms with Crippen LogP contribution in [-0.4, -0.2) is 43.8 Å². The van der Waals surface area contributed by atoms with E-state index in [1.54, 1.807) is 0 Å². The Morgan fingerprint density at radius 1 is 1.62 bits per heavy atom. The second kappa shape index (κ2) is 4.54. The van der Waals surface area contributed by atoms with Crippen molar-refractivity contribution in [2.24, 2.45) is 0 Å². The van der Waals surface area contributed by atoms with Crippen LogP contribution in [0.2, 0.25) is 13.6 Å². The summed E-state index contributed by atoms with van der Waals surface area (Å²) in [4.78, 5) is 4.36. The predicted octanol–water partition coefficient (Wildman–Crippen LogP) is -0.709. The third kappa shape index (κ3) is 2.64. The minimum atomic E-state index is 0.373. The zero-order valence-corrected chi connectivity index (χ0v) is 8.49. The normalized spacial score (nSPS) is 9.15. The van der Waals surface area contributed by atoms with Gasteiger partial charge in [0.15, 0.2) is 0 Å². The number of aromatic nitrogens is 2. The maximum absolute atomic E-state index is 4.36. The standard InChI is InChI=1S/C7H12B4N2/c1-6-12-7(8-2)5-13(6)10-11(4)9-3/h5H,3H2,1-2,4H3. The van der Waals surface area contributed by atoms with Gasteiger partial charge in [-0.05, 0) is 0 Å². The molecule has 0 spiro atoms. The van der Waals surface area contributed by atoms with Crippen molar-refractivity contribution >= 4 is 40.0 Å². The minimum absolute atomic E-state index is 0.373. The van der Waals surface area contributed by atoms with Crippen LogP contribution in [0.1, 0.15) is 5.82 Å². The fourth-order valence-electron chi connectivity index (χ4n) is 1.11. The molecule has 0 amide bonds. The molecule has 0 aliphatic heterocycles. The fraction of sp³-hybridized carbons (Fsp3) is 0.429. The molecule has 1 heterocycles. The van der Waals surface area contributed by atoms with Crippen LogP contribution < -0.4 is 5.59 Å². The molecule has 0 N–H and O–H groups in total. The van der Waals surface area contributed by atoms with Crippen molar-refractivity contribution in [2.45, 2.75) is 20.6 Å². The van der Waals surface area contributed by atoms with Crippen molar-refractivity contribution in [3.05, 3.63) is 12.0 Å². The molecule has 62 valence electrons. The van der Waals surface area contributed by atoms with Gasteiger partial charge < -0.3 is 0 Å². The van der Waals surface area contributed by atoms with Crippen molar-refractivity contribution in [2.75, 3.05) is 0 Å². The Bertz CT molecular complexity index is 297. The molecule has 2 radical (unpaired) electrons. The molecular weight excluding hydrogens is 155 g/mol. The Balaban J connectivity index is 2.76. The third-order valence-electron chi connectivity index (χ3n) is 2.00. The van der Waals surface area contributed by atoms with Gasteiger partial charge in [-0.1, -0.05) is 0 Å². The summed E-state index contributed by atoms with van der Waals surface area (Å²) in [6.07, 6.45) is 2.02. The number of hydrogen-bond donors (Lipinski definition) is 0. The molecule has 2 nitrogen and oxygen atoms in total. The van der Waals surface area contributed by atoms with Gasteiger partial charge in [-0.3, -0.25) is 0 Å². The van der Waals surface area contributed by atoms with Gasteiger partial charge in [0.2, 0.25) is 0 Å². The molecule has 0 saturated carbocycles. The Morgan fingerprint density at radius 3 is 2.77 bits per heavy atom. The average Bonchev–Trinajstić information content (AvgIpc) is 2.47. The van der Waals surface area contributed by atoms with Crippen LogP contribution in [0.3, 0.4) is 0 Å². The van der Waals surface area contributed by atoms with E-state index in [0.29, 0.717) is 6.49 Å². The zero-order valence-electron chi connectivity index (χ0n) is 8.49. The molecule has 0 aliphatic carbocycles. The number of rotatable bonds is 4. The number of nitrogens with zero attached hydrogens (tertiary/aromatic N) is 2. The SMILES string of the molecule is C=BB(C)[B]n1cc([B]C)nc1C. The quantitative estimate of drug-likeness (QED) is 0.542. The Kier molecular flexibility index (Phi) is 3.64. The summed E-state index contributed by atoms with van der Waals surface area (Å²) in [6.45, 7) is 12.1. The summed E-state index contributed by atoms with van der Waals surface area (Å²) in [7, 11) is 4.10. The van der Waals surface area contributed by atoms with Gasteiger partial charge in [-0.2, -0.15) is 0 Å². The topological polar surface area (TPSA) is 17.8 Å². The predicted molar refractivity (Wildman–Crippen MR) is 63.9 cm³/mol. The molecule has 1 rings (SSSR count). The molecule has 1 aromatic rings. The molecule has 6 heteroatoms. The van der Waals surface area contributed by atoms with E-state index in [0.717, 1.165) is 11.4 Å². The maximum atomic E-state index is 4.36. The molecule has 0 fully saturated rings. The number of imidazole rings is 1. The Labute approximate surface area is 82.6 Å². The molecule has 0 unspecified atom stereocenters. The van der Waals surface area contributed by atoms with Gasteiger partial charge in [0.1, 0.15) is 0 Å². The zero-order chi connectivity index (χ0) is 9.84. The molecule has 0 bridgehead atoms. The first-order valence-corrected chi connectivity index (χ1v) is 4.49. The monoisotopic (exact) mass is 168 g/mol. The van der Waals surface area contributed by atoms with Crippen molar-refractivity contribution in [3.8, 4) is 0 Å². The first kappa shape index (κ1) is 10.4. The third-order valence-corrected chi connectivity index (χ3v) is 2.00. The Morgan fingerprint density at radius 2 is 2.31 bits per heavy atom. The number of aryl methyl sites for hydroxylation is 1. The first-order valence-electron chi connectivity index (χ1n) is 4.49. The van der Waals surface area contributed by atoms with Gasteiger partial charge in [0, 0.05) is 0 Å². The van der Waals surface area contributed by atoms with Crippen LogP contribution in [0.5, 0.6) is 0 Å². The Hall–Kier alpha value is -0.660. The average molecular weight is 167 g/mol. The summed E-state index contributed by atoms with van der Waals surface area (Å²) in [6, 6.07) is 0. The van der Waals surface area contributed by atoms with Crippen molar-refractivity contribution < 1.29 is 0 Å². The van der Waals surface area contributed by atoms with Gasteiger partial charge >= 0.3 is 82.0 Å². The fourth-order valence-corrected chi connectivity index (χ4v) is 1.11. The molecular formula is C7H12B4N2. The van der Waals surface area contributed by atoms with E-state index in [1.807, 2.05) is 38.5 Å². The number of hydrogen-bond acceptors (Lipinski definition) is 1. The van der Waals surface area contributed by atoms with Crippen LogP contribution in [0, 0.1) is 6.92 Å². The molecule has 0 aromatic carbocycles. The van der Waals surface area contributed by atoms with E-state index in [1.165, 1.54) is 0 Å². The van der Waals surface area contributed by atoms with Gasteiger partial charge in [-0.15, -0.1) is 0 Å². The van der Waals surface area contributed by atoms with E-state index < -0.39 is 0 Å².